The molecule has 1 heterocycles. The summed E-state index contributed by atoms with van der Waals surface area (Å²) in [6.45, 7) is 2.36. The fraction of sp³-hybridized carbons (Fsp3) is 0.227. The molecule has 0 aliphatic heterocycles. The van der Waals surface area contributed by atoms with Gasteiger partial charge in [0.1, 0.15) is 11.4 Å². The molecule has 0 aliphatic carbocycles. The second-order valence-corrected chi connectivity index (χ2v) is 8.59. The molecule has 0 saturated carbocycles. The van der Waals surface area contributed by atoms with Crippen LogP contribution in [-0.2, 0) is 14.9 Å². The zero-order valence-corrected chi connectivity index (χ0v) is 17.4. The fourth-order valence-corrected chi connectivity index (χ4v) is 3.77. The SMILES string of the molecule is CN(CCOC(C)(c1ccccc1)c1ccccn1)P(=O)(O)Oc1ccccc1. The Labute approximate surface area is 171 Å². The van der Waals surface area contributed by atoms with E-state index in [1.54, 1.807) is 30.5 Å². The number of rotatable bonds is 9. The summed E-state index contributed by atoms with van der Waals surface area (Å²) in [7, 11) is -2.46. The topological polar surface area (TPSA) is 71.9 Å². The maximum absolute atomic E-state index is 12.6. The first-order chi connectivity index (χ1) is 13.9. The van der Waals surface area contributed by atoms with Crippen LogP contribution in [0.4, 0.5) is 0 Å². The van der Waals surface area contributed by atoms with Crippen LogP contribution in [0.1, 0.15) is 18.2 Å². The number of ether oxygens (including phenoxy) is 1. The summed E-state index contributed by atoms with van der Waals surface area (Å²) < 4.78 is 25.3. The lowest BCUT2D eigenvalue weighted by Crippen LogP contribution is -2.32. The highest BCUT2D eigenvalue weighted by atomic mass is 31.2. The van der Waals surface area contributed by atoms with Crippen LogP contribution in [0.5, 0.6) is 5.75 Å². The normalized spacial score (nSPS) is 15.4. The molecule has 0 amide bonds. The molecule has 29 heavy (non-hydrogen) atoms. The van der Waals surface area contributed by atoms with Gasteiger partial charge < -0.3 is 14.2 Å². The van der Waals surface area contributed by atoms with Gasteiger partial charge in [0.25, 0.3) is 0 Å². The number of likely N-dealkylation sites (N-methyl/N-ethyl adjacent to an activating group) is 1. The minimum atomic E-state index is -3.99. The predicted octanol–water partition coefficient (Wildman–Crippen LogP) is 4.47. The van der Waals surface area contributed by atoms with Crippen LogP contribution in [0, 0.1) is 0 Å². The summed E-state index contributed by atoms with van der Waals surface area (Å²) in [6.07, 6.45) is 1.72. The van der Waals surface area contributed by atoms with Crippen LogP contribution in [0.15, 0.2) is 85.1 Å². The van der Waals surface area contributed by atoms with Crippen LogP contribution in [0.25, 0.3) is 0 Å². The first kappa shape index (κ1) is 21.2. The van der Waals surface area contributed by atoms with Gasteiger partial charge in [0, 0.05) is 12.7 Å². The zero-order chi connectivity index (χ0) is 20.7. The number of pyridine rings is 1. The van der Waals surface area contributed by atoms with Gasteiger partial charge in [-0.05, 0) is 43.8 Å². The van der Waals surface area contributed by atoms with E-state index in [-0.39, 0.29) is 13.2 Å². The van der Waals surface area contributed by atoms with Crippen LogP contribution in [0.3, 0.4) is 0 Å². The van der Waals surface area contributed by atoms with Crippen LogP contribution < -0.4 is 4.52 Å². The van der Waals surface area contributed by atoms with Crippen molar-refractivity contribution >= 4 is 7.75 Å². The average molecular weight is 412 g/mol. The first-order valence-corrected chi connectivity index (χ1v) is 10.8. The lowest BCUT2D eigenvalue weighted by atomic mass is 9.91. The molecule has 7 heteroatoms. The van der Waals surface area contributed by atoms with Crippen molar-refractivity contribution in [1.29, 1.82) is 0 Å². The van der Waals surface area contributed by atoms with E-state index in [1.165, 1.54) is 11.7 Å². The van der Waals surface area contributed by atoms with Crippen LogP contribution in [0.2, 0.25) is 0 Å². The summed E-state index contributed by atoms with van der Waals surface area (Å²) >= 11 is 0. The standard InChI is InChI=1S/C22H25N2O4P/c1-22(19-11-5-3-6-12-19,21-15-9-10-16-23-21)27-18-17-24(2)29(25,26)28-20-13-7-4-8-14-20/h3-16H,17-18H2,1-2H3,(H,25,26). The van der Waals surface area contributed by atoms with Crippen molar-refractivity contribution in [2.24, 2.45) is 0 Å². The Kier molecular flexibility index (Phi) is 6.83. The van der Waals surface area contributed by atoms with E-state index in [0.29, 0.717) is 5.75 Å². The molecule has 0 spiro atoms. The van der Waals surface area contributed by atoms with Gasteiger partial charge in [-0.15, -0.1) is 0 Å². The summed E-state index contributed by atoms with van der Waals surface area (Å²) in [5.74, 6) is 0.341. The Hall–Kier alpha value is -2.50. The van der Waals surface area contributed by atoms with Crippen LogP contribution >= 0.6 is 7.75 Å². The molecular weight excluding hydrogens is 387 g/mol. The van der Waals surface area contributed by atoms with E-state index in [4.69, 9.17) is 9.26 Å². The van der Waals surface area contributed by atoms with Crippen molar-refractivity contribution < 1.29 is 18.7 Å². The van der Waals surface area contributed by atoms with E-state index in [2.05, 4.69) is 4.98 Å². The number of hydrogen-bond acceptors (Lipinski definition) is 4. The van der Waals surface area contributed by atoms with Gasteiger partial charge in [-0.2, -0.15) is 4.67 Å². The highest BCUT2D eigenvalue weighted by molar-refractivity contribution is 7.50. The van der Waals surface area contributed by atoms with Gasteiger partial charge >= 0.3 is 7.75 Å². The lowest BCUT2D eigenvalue weighted by Gasteiger charge is -2.31. The number of para-hydroxylation sites is 1. The largest absolute Gasteiger partial charge is 0.458 e. The molecule has 2 unspecified atom stereocenters. The third kappa shape index (κ3) is 5.31. The molecule has 152 valence electrons. The molecular formula is C22H25N2O4P. The molecule has 0 radical (unpaired) electrons. The van der Waals surface area contributed by atoms with Gasteiger partial charge in [-0.3, -0.25) is 4.98 Å². The Morgan fingerprint density at radius 2 is 1.62 bits per heavy atom. The van der Waals surface area contributed by atoms with Gasteiger partial charge in [-0.25, -0.2) is 4.57 Å². The minimum absolute atomic E-state index is 0.204. The fourth-order valence-electron chi connectivity index (χ4n) is 2.90. The molecule has 3 aromatic rings. The number of nitrogens with zero attached hydrogens (tertiary/aromatic N) is 2. The Morgan fingerprint density at radius 1 is 1.00 bits per heavy atom. The molecule has 1 N–H and O–H groups in total. The zero-order valence-electron chi connectivity index (χ0n) is 16.5. The second kappa shape index (κ2) is 9.33. The summed E-state index contributed by atoms with van der Waals surface area (Å²) in [6, 6.07) is 24.1. The Bertz CT molecular complexity index is 899. The summed E-state index contributed by atoms with van der Waals surface area (Å²) in [4.78, 5) is 14.8. The Morgan fingerprint density at radius 3 is 2.24 bits per heavy atom. The smallest absolute Gasteiger partial charge is 0.413 e. The predicted molar refractivity (Wildman–Crippen MR) is 113 cm³/mol. The van der Waals surface area contributed by atoms with Gasteiger partial charge in [0.15, 0.2) is 0 Å². The number of hydrogen-bond donors (Lipinski definition) is 1. The summed E-state index contributed by atoms with van der Waals surface area (Å²) in [5.41, 5.74) is 0.930. The third-order valence-electron chi connectivity index (χ3n) is 4.68. The van der Waals surface area contributed by atoms with E-state index >= 15 is 0 Å². The van der Waals surface area contributed by atoms with E-state index in [0.717, 1.165) is 11.3 Å². The highest BCUT2D eigenvalue weighted by Crippen LogP contribution is 2.45. The molecule has 6 nitrogen and oxygen atoms in total. The van der Waals surface area contributed by atoms with E-state index in [9.17, 15) is 9.46 Å². The molecule has 1 aromatic heterocycles. The van der Waals surface area contributed by atoms with Crippen molar-refractivity contribution in [2.45, 2.75) is 12.5 Å². The first-order valence-electron chi connectivity index (χ1n) is 9.32. The van der Waals surface area contributed by atoms with Crippen molar-refractivity contribution in [3.05, 3.63) is 96.3 Å². The van der Waals surface area contributed by atoms with Crippen molar-refractivity contribution in [1.82, 2.24) is 9.65 Å². The van der Waals surface area contributed by atoms with Crippen LogP contribution in [-0.4, -0.2) is 34.7 Å². The summed E-state index contributed by atoms with van der Waals surface area (Å²) in [5, 5.41) is 0. The minimum Gasteiger partial charge on any atom is -0.413 e. The van der Waals surface area contributed by atoms with Gasteiger partial charge in [-0.1, -0.05) is 54.6 Å². The molecule has 3 rings (SSSR count). The third-order valence-corrected chi connectivity index (χ3v) is 6.19. The molecule has 2 aromatic carbocycles. The van der Waals surface area contributed by atoms with Gasteiger partial charge in [0.2, 0.25) is 0 Å². The molecule has 0 bridgehead atoms. The number of benzene rings is 2. The second-order valence-electron chi connectivity index (χ2n) is 6.74. The number of aromatic nitrogens is 1. The maximum Gasteiger partial charge on any atom is 0.458 e. The Balaban J connectivity index is 1.69. The van der Waals surface area contributed by atoms with Crippen molar-refractivity contribution in [3.8, 4) is 5.75 Å². The molecule has 0 fully saturated rings. The van der Waals surface area contributed by atoms with E-state index < -0.39 is 13.3 Å². The highest BCUT2D eigenvalue weighted by Gasteiger charge is 2.33. The van der Waals surface area contributed by atoms with Crippen molar-refractivity contribution in [3.63, 3.8) is 0 Å². The lowest BCUT2D eigenvalue weighted by molar-refractivity contribution is -0.0110. The average Bonchev–Trinajstić information content (AvgIpc) is 2.75. The van der Waals surface area contributed by atoms with E-state index in [1.807, 2.05) is 61.5 Å². The molecule has 0 saturated heterocycles. The van der Waals surface area contributed by atoms with Gasteiger partial charge in [0.05, 0.1) is 12.3 Å². The molecule has 0 aliphatic rings. The monoisotopic (exact) mass is 412 g/mol. The maximum atomic E-state index is 12.6. The quantitative estimate of drug-likeness (QED) is 0.523. The van der Waals surface area contributed by atoms with Crippen molar-refractivity contribution in [2.75, 3.05) is 20.2 Å². The molecule has 2 atom stereocenters.